The Morgan fingerprint density at radius 2 is 1.67 bits per heavy atom. The first-order valence-corrected chi connectivity index (χ1v) is 3.60. The summed E-state index contributed by atoms with van der Waals surface area (Å²) in [6.45, 7) is 7.92. The molecule has 0 unspecified atom stereocenters. The largest absolute Gasteiger partial charge is 0.298 e. The van der Waals surface area contributed by atoms with Gasteiger partial charge in [-0.05, 0) is 12.5 Å². The maximum atomic E-state index is 10.2. The van der Waals surface area contributed by atoms with Crippen LogP contribution in [0.3, 0.4) is 0 Å². The highest BCUT2D eigenvalue weighted by atomic mass is 16.2. The summed E-state index contributed by atoms with van der Waals surface area (Å²) in [4.78, 5) is 29.6. The fourth-order valence-corrected chi connectivity index (χ4v) is 0.249. The fourth-order valence-electron chi connectivity index (χ4n) is 0.249. The zero-order valence-electron chi connectivity index (χ0n) is 7.72. The van der Waals surface area contributed by atoms with Crippen molar-refractivity contribution in [2.24, 2.45) is 0 Å². The highest BCUT2D eigenvalue weighted by molar-refractivity contribution is 6.36. The molecule has 0 aliphatic rings. The Balaban J connectivity index is 0. The topological polar surface area (TPSA) is 51.2 Å². The minimum Gasteiger partial charge on any atom is -0.298 e. The molecule has 0 N–H and O–H groups in total. The summed E-state index contributed by atoms with van der Waals surface area (Å²) in [5, 5.41) is 0. The second-order valence-electron chi connectivity index (χ2n) is 2.30. The maximum Gasteiger partial charge on any atom is 0.197 e. The molecule has 12 heavy (non-hydrogen) atoms. The second kappa shape index (κ2) is 7.85. The number of carbonyl (C=O) groups excluding carboxylic acids is 3. The maximum absolute atomic E-state index is 10.2. The van der Waals surface area contributed by atoms with Gasteiger partial charge in [-0.1, -0.05) is 13.5 Å². The molecule has 3 nitrogen and oxygen atoms in total. The third kappa shape index (κ3) is 11.5. The Kier molecular flexibility index (Phi) is 8.73. The molecule has 0 aromatic heterocycles. The molecule has 0 aliphatic carbocycles. The summed E-state index contributed by atoms with van der Waals surface area (Å²) in [6, 6.07) is 0. The van der Waals surface area contributed by atoms with Crippen molar-refractivity contribution in [3.8, 4) is 0 Å². The summed E-state index contributed by atoms with van der Waals surface area (Å²) < 4.78 is 0. The van der Waals surface area contributed by atoms with Crippen LogP contribution in [0.25, 0.3) is 0 Å². The quantitative estimate of drug-likeness (QED) is 0.364. The van der Waals surface area contributed by atoms with Gasteiger partial charge in [0.05, 0.1) is 0 Å². The Labute approximate surface area is 72.5 Å². The molecular weight excluding hydrogens is 156 g/mol. The number of carbonyl (C=O) groups is 3. The van der Waals surface area contributed by atoms with E-state index in [9.17, 15) is 14.4 Å². The number of allylic oxidation sites excluding steroid dienone is 1. The molecule has 0 aromatic rings. The van der Waals surface area contributed by atoms with Gasteiger partial charge >= 0.3 is 0 Å². The van der Waals surface area contributed by atoms with Crippen LogP contribution in [0, 0.1) is 0 Å². The lowest BCUT2D eigenvalue weighted by Crippen LogP contribution is -2.06. The Morgan fingerprint density at radius 1 is 1.33 bits per heavy atom. The van der Waals surface area contributed by atoms with E-state index in [2.05, 4.69) is 6.58 Å². The molecule has 0 spiro atoms. The summed E-state index contributed by atoms with van der Waals surface area (Å²) >= 11 is 0. The van der Waals surface area contributed by atoms with E-state index in [0.717, 1.165) is 6.29 Å². The number of rotatable bonds is 3. The molecule has 0 bridgehead atoms. The van der Waals surface area contributed by atoms with Crippen molar-refractivity contribution >= 4 is 17.9 Å². The van der Waals surface area contributed by atoms with E-state index in [-0.39, 0.29) is 11.6 Å². The van der Waals surface area contributed by atoms with Crippen molar-refractivity contribution in [3.05, 3.63) is 12.2 Å². The van der Waals surface area contributed by atoms with E-state index >= 15 is 0 Å². The molecule has 0 atom stereocenters. The molecule has 0 saturated heterocycles. The predicted molar refractivity (Wildman–Crippen MR) is 46.9 cm³/mol. The molecule has 0 fully saturated rings. The highest BCUT2D eigenvalue weighted by Crippen LogP contribution is 1.79. The minimum atomic E-state index is -0.345. The van der Waals surface area contributed by atoms with Crippen molar-refractivity contribution < 1.29 is 14.4 Å². The normalized spacial score (nSPS) is 7.58. The minimum absolute atomic E-state index is 0.292. The second-order valence-corrected chi connectivity index (χ2v) is 2.30. The molecular formula is C9H14O3. The van der Waals surface area contributed by atoms with Gasteiger partial charge in [0.1, 0.15) is 6.29 Å². The van der Waals surface area contributed by atoms with E-state index in [1.165, 1.54) is 6.92 Å². The Morgan fingerprint density at radius 3 is 1.67 bits per heavy atom. The van der Waals surface area contributed by atoms with Crippen LogP contribution in [-0.4, -0.2) is 17.9 Å². The summed E-state index contributed by atoms with van der Waals surface area (Å²) in [5.41, 5.74) is 0.574. The SMILES string of the molecule is C=C(C)C=O.CCC(=O)C(C)=O. The molecule has 0 saturated carbocycles. The lowest BCUT2D eigenvalue weighted by Gasteiger charge is -1.81. The summed E-state index contributed by atoms with van der Waals surface area (Å²) in [5.74, 6) is -0.637. The van der Waals surface area contributed by atoms with E-state index in [1.807, 2.05) is 0 Å². The van der Waals surface area contributed by atoms with Gasteiger partial charge in [-0.25, -0.2) is 0 Å². The van der Waals surface area contributed by atoms with Crippen molar-refractivity contribution in [1.82, 2.24) is 0 Å². The van der Waals surface area contributed by atoms with E-state index < -0.39 is 0 Å². The molecule has 0 amide bonds. The first kappa shape index (κ1) is 13.3. The predicted octanol–water partition coefficient (Wildman–Crippen LogP) is 1.32. The van der Waals surface area contributed by atoms with Gasteiger partial charge in [0.15, 0.2) is 11.6 Å². The molecule has 68 valence electrons. The highest BCUT2D eigenvalue weighted by Gasteiger charge is 2.00. The van der Waals surface area contributed by atoms with Gasteiger partial charge in [-0.2, -0.15) is 0 Å². The van der Waals surface area contributed by atoms with Gasteiger partial charge in [0.25, 0.3) is 0 Å². The van der Waals surface area contributed by atoms with Crippen molar-refractivity contribution in [2.45, 2.75) is 27.2 Å². The van der Waals surface area contributed by atoms with Crippen LogP contribution < -0.4 is 0 Å². The molecule has 0 heterocycles. The molecule has 0 aliphatic heterocycles. The van der Waals surface area contributed by atoms with Crippen LogP contribution in [0.1, 0.15) is 27.2 Å². The molecule has 0 radical (unpaired) electrons. The van der Waals surface area contributed by atoms with E-state index in [0.29, 0.717) is 12.0 Å². The molecule has 0 aromatic carbocycles. The Hall–Kier alpha value is -1.25. The molecule has 0 rings (SSSR count). The first-order valence-electron chi connectivity index (χ1n) is 3.60. The van der Waals surface area contributed by atoms with Crippen LogP contribution in [0.5, 0.6) is 0 Å². The van der Waals surface area contributed by atoms with Gasteiger partial charge < -0.3 is 0 Å². The molecule has 3 heteroatoms. The van der Waals surface area contributed by atoms with Crippen LogP contribution >= 0.6 is 0 Å². The monoisotopic (exact) mass is 170 g/mol. The third-order valence-corrected chi connectivity index (χ3v) is 0.915. The number of aldehydes is 1. The average molecular weight is 170 g/mol. The Bertz CT molecular complexity index is 192. The van der Waals surface area contributed by atoms with Crippen LogP contribution in [-0.2, 0) is 14.4 Å². The van der Waals surface area contributed by atoms with E-state index in [4.69, 9.17) is 0 Å². The van der Waals surface area contributed by atoms with Crippen LogP contribution in [0.2, 0.25) is 0 Å². The number of ketones is 2. The van der Waals surface area contributed by atoms with Crippen LogP contribution in [0.15, 0.2) is 12.2 Å². The van der Waals surface area contributed by atoms with Crippen molar-refractivity contribution in [1.29, 1.82) is 0 Å². The fraction of sp³-hybridized carbons (Fsp3) is 0.444. The van der Waals surface area contributed by atoms with Gasteiger partial charge in [-0.3, -0.25) is 14.4 Å². The third-order valence-electron chi connectivity index (χ3n) is 0.915. The van der Waals surface area contributed by atoms with Gasteiger partial charge in [-0.15, -0.1) is 0 Å². The van der Waals surface area contributed by atoms with Gasteiger partial charge in [0, 0.05) is 13.3 Å². The van der Waals surface area contributed by atoms with Gasteiger partial charge in [0.2, 0.25) is 0 Å². The first-order chi connectivity index (χ1) is 5.45. The smallest absolute Gasteiger partial charge is 0.197 e. The lowest BCUT2D eigenvalue weighted by molar-refractivity contribution is -0.135. The summed E-state index contributed by atoms with van der Waals surface area (Å²) in [7, 11) is 0. The van der Waals surface area contributed by atoms with E-state index in [1.54, 1.807) is 13.8 Å². The number of hydrogen-bond donors (Lipinski definition) is 0. The standard InChI is InChI=1S/C5H8O2.C4H6O/c1-3-5(7)4(2)6;1-4(2)3-5/h3H2,1-2H3;3H,1H2,2H3. The number of hydrogen-bond acceptors (Lipinski definition) is 3. The lowest BCUT2D eigenvalue weighted by atomic mass is 10.2. The number of Topliss-reactive ketones (excluding diaryl/α,β-unsaturated/α-hetero) is 2. The zero-order valence-corrected chi connectivity index (χ0v) is 7.72. The zero-order chi connectivity index (χ0) is 10.1. The van der Waals surface area contributed by atoms with Crippen molar-refractivity contribution in [2.75, 3.05) is 0 Å². The summed E-state index contributed by atoms with van der Waals surface area (Å²) in [6.07, 6.45) is 1.05. The van der Waals surface area contributed by atoms with Crippen LogP contribution in [0.4, 0.5) is 0 Å². The van der Waals surface area contributed by atoms with Crippen molar-refractivity contribution in [3.63, 3.8) is 0 Å². The average Bonchev–Trinajstić information content (AvgIpc) is 2.04.